The molecule has 1 saturated carbocycles. The number of hydrogen-bond acceptors (Lipinski definition) is 5. The minimum absolute atomic E-state index is 0.0322. The molecule has 0 atom stereocenters. The van der Waals surface area contributed by atoms with Crippen molar-refractivity contribution in [3.05, 3.63) is 22.7 Å². The van der Waals surface area contributed by atoms with Crippen molar-refractivity contribution in [3.8, 4) is 0 Å². The number of aromatic amines is 1. The molecule has 1 aromatic heterocycles. The van der Waals surface area contributed by atoms with E-state index in [1.54, 1.807) is 24.1 Å². The van der Waals surface area contributed by atoms with Crippen LogP contribution in [0.4, 0.5) is 11.4 Å². The van der Waals surface area contributed by atoms with Crippen molar-refractivity contribution in [2.75, 3.05) is 24.2 Å². The Kier molecular flexibility index (Phi) is 2.89. The van der Waals surface area contributed by atoms with E-state index >= 15 is 0 Å². The van der Waals surface area contributed by atoms with E-state index in [0.717, 1.165) is 12.8 Å². The number of fused-ring (bicyclic) bond motifs is 1. The molecule has 0 unspecified atom stereocenters. The maximum atomic E-state index is 11.8. The predicted molar refractivity (Wildman–Crippen MR) is 75.7 cm³/mol. The van der Waals surface area contributed by atoms with Gasteiger partial charge in [0, 0.05) is 19.2 Å². The monoisotopic (exact) mass is 276 g/mol. The molecule has 1 fully saturated rings. The molecule has 0 radical (unpaired) electrons. The quantitative estimate of drug-likeness (QED) is 0.702. The number of nitrogen functional groups attached to an aromatic ring is 1. The van der Waals surface area contributed by atoms with E-state index in [-0.39, 0.29) is 12.5 Å². The first-order valence-corrected chi connectivity index (χ1v) is 6.46. The SMILES string of the molecule is CN(CC(=O)NC1CC1)c1cc2[nH]c(=O)oc2cc1N. The van der Waals surface area contributed by atoms with Gasteiger partial charge in [0.1, 0.15) is 0 Å². The Labute approximate surface area is 114 Å². The smallest absolute Gasteiger partial charge is 0.408 e. The molecule has 20 heavy (non-hydrogen) atoms. The third kappa shape index (κ3) is 2.47. The maximum absolute atomic E-state index is 11.8. The van der Waals surface area contributed by atoms with Crippen LogP contribution in [0.15, 0.2) is 21.3 Å². The zero-order valence-electron chi connectivity index (χ0n) is 11.1. The van der Waals surface area contributed by atoms with Gasteiger partial charge in [-0.2, -0.15) is 0 Å². The van der Waals surface area contributed by atoms with E-state index < -0.39 is 5.76 Å². The molecule has 0 spiro atoms. The van der Waals surface area contributed by atoms with Crippen LogP contribution < -0.4 is 21.7 Å². The second kappa shape index (κ2) is 4.59. The topological polar surface area (TPSA) is 104 Å². The lowest BCUT2D eigenvalue weighted by molar-refractivity contribution is -0.119. The van der Waals surface area contributed by atoms with Gasteiger partial charge in [0.05, 0.1) is 23.4 Å². The molecule has 0 saturated heterocycles. The molecule has 2 aromatic rings. The summed E-state index contributed by atoms with van der Waals surface area (Å²) in [5, 5.41) is 2.92. The molecule has 7 heteroatoms. The van der Waals surface area contributed by atoms with E-state index in [0.29, 0.717) is 28.5 Å². The van der Waals surface area contributed by atoms with E-state index in [4.69, 9.17) is 10.2 Å². The van der Waals surface area contributed by atoms with Crippen molar-refractivity contribution in [3.63, 3.8) is 0 Å². The molecular weight excluding hydrogens is 260 g/mol. The first-order valence-electron chi connectivity index (χ1n) is 6.46. The fraction of sp³-hybridized carbons (Fsp3) is 0.385. The first-order chi connectivity index (χ1) is 9.52. The number of anilines is 2. The number of benzene rings is 1. The summed E-state index contributed by atoms with van der Waals surface area (Å²) in [6.45, 7) is 0.217. The summed E-state index contributed by atoms with van der Waals surface area (Å²) in [4.78, 5) is 27.3. The summed E-state index contributed by atoms with van der Waals surface area (Å²) < 4.78 is 4.94. The highest BCUT2D eigenvalue weighted by Gasteiger charge is 2.24. The molecule has 1 heterocycles. The van der Waals surface area contributed by atoms with E-state index in [1.165, 1.54) is 0 Å². The lowest BCUT2D eigenvalue weighted by Crippen LogP contribution is -2.36. The van der Waals surface area contributed by atoms with Gasteiger partial charge in [-0.25, -0.2) is 4.79 Å². The Morgan fingerprint density at radius 2 is 2.30 bits per heavy atom. The van der Waals surface area contributed by atoms with Crippen molar-refractivity contribution in [2.45, 2.75) is 18.9 Å². The number of H-pyrrole nitrogens is 1. The summed E-state index contributed by atoms with van der Waals surface area (Å²) in [5.74, 6) is -0.555. The number of nitrogens with two attached hydrogens (primary N) is 1. The van der Waals surface area contributed by atoms with Crippen molar-refractivity contribution in [1.82, 2.24) is 10.3 Å². The van der Waals surface area contributed by atoms with Gasteiger partial charge in [-0.3, -0.25) is 9.78 Å². The Hall–Kier alpha value is -2.44. The highest BCUT2D eigenvalue weighted by Crippen LogP contribution is 2.27. The molecular formula is C13H16N4O3. The standard InChI is InChI=1S/C13H16N4O3/c1-17(6-12(18)15-7-2-3-7)10-5-9-11(4-8(10)14)20-13(19)16-9/h4-5,7H,2-3,6,14H2,1H3,(H,15,18)(H,16,19). The third-order valence-electron chi connectivity index (χ3n) is 3.30. The Morgan fingerprint density at radius 1 is 1.55 bits per heavy atom. The number of likely N-dealkylation sites (N-methyl/N-ethyl adjacent to an activating group) is 1. The van der Waals surface area contributed by atoms with Crippen LogP contribution in [0.3, 0.4) is 0 Å². The van der Waals surface area contributed by atoms with Crippen molar-refractivity contribution >= 4 is 28.4 Å². The van der Waals surface area contributed by atoms with Crippen LogP contribution in [-0.2, 0) is 4.79 Å². The molecule has 0 bridgehead atoms. The number of carbonyl (C=O) groups is 1. The lowest BCUT2D eigenvalue weighted by Gasteiger charge is -2.20. The Bertz CT molecular complexity index is 714. The number of amides is 1. The van der Waals surface area contributed by atoms with Gasteiger partial charge in [0.15, 0.2) is 5.58 Å². The fourth-order valence-corrected chi connectivity index (χ4v) is 2.13. The van der Waals surface area contributed by atoms with Crippen molar-refractivity contribution in [2.24, 2.45) is 0 Å². The van der Waals surface area contributed by atoms with Crippen LogP contribution in [-0.4, -0.2) is 30.5 Å². The molecule has 1 aromatic carbocycles. The largest absolute Gasteiger partial charge is 0.417 e. The van der Waals surface area contributed by atoms with Gasteiger partial charge in [-0.15, -0.1) is 0 Å². The Balaban J connectivity index is 1.82. The van der Waals surface area contributed by atoms with Crippen molar-refractivity contribution < 1.29 is 9.21 Å². The number of rotatable bonds is 4. The molecule has 1 amide bonds. The van der Waals surface area contributed by atoms with Crippen LogP contribution in [0.2, 0.25) is 0 Å². The van der Waals surface area contributed by atoms with Crippen LogP contribution >= 0.6 is 0 Å². The third-order valence-corrected chi connectivity index (χ3v) is 3.30. The normalized spacial score (nSPS) is 14.4. The van der Waals surface area contributed by atoms with Crippen LogP contribution in [0.25, 0.3) is 11.1 Å². The van der Waals surface area contributed by atoms with Crippen LogP contribution in [0.1, 0.15) is 12.8 Å². The molecule has 4 N–H and O–H groups in total. The summed E-state index contributed by atoms with van der Waals surface area (Å²) in [6, 6.07) is 3.62. The number of nitrogens with zero attached hydrogens (tertiary/aromatic N) is 1. The number of aromatic nitrogens is 1. The van der Waals surface area contributed by atoms with Gasteiger partial charge in [0.25, 0.3) is 0 Å². The first kappa shape index (κ1) is 12.6. The Morgan fingerprint density at radius 3 is 3.00 bits per heavy atom. The number of nitrogens with one attached hydrogen (secondary N) is 2. The van der Waals surface area contributed by atoms with Crippen molar-refractivity contribution in [1.29, 1.82) is 0 Å². The summed E-state index contributed by atoms with van der Waals surface area (Å²) in [7, 11) is 1.78. The molecule has 0 aliphatic heterocycles. The van der Waals surface area contributed by atoms with E-state index in [9.17, 15) is 9.59 Å². The zero-order valence-corrected chi connectivity index (χ0v) is 11.1. The van der Waals surface area contributed by atoms with Gasteiger partial charge in [0.2, 0.25) is 5.91 Å². The second-order valence-electron chi connectivity index (χ2n) is 5.12. The van der Waals surface area contributed by atoms with Gasteiger partial charge >= 0.3 is 5.76 Å². The second-order valence-corrected chi connectivity index (χ2v) is 5.12. The molecule has 106 valence electrons. The molecule has 1 aliphatic carbocycles. The van der Waals surface area contributed by atoms with E-state index in [2.05, 4.69) is 10.3 Å². The molecule has 1 aliphatic rings. The van der Waals surface area contributed by atoms with Crippen LogP contribution in [0, 0.1) is 0 Å². The van der Waals surface area contributed by atoms with Gasteiger partial charge in [-0.05, 0) is 18.9 Å². The number of oxazole rings is 1. The highest BCUT2D eigenvalue weighted by molar-refractivity contribution is 5.88. The fourth-order valence-electron chi connectivity index (χ4n) is 2.13. The zero-order chi connectivity index (χ0) is 14.3. The molecule has 3 rings (SSSR count). The average molecular weight is 276 g/mol. The number of carbonyl (C=O) groups excluding carboxylic acids is 1. The molecule has 7 nitrogen and oxygen atoms in total. The summed E-state index contributed by atoms with van der Waals surface area (Å²) >= 11 is 0. The van der Waals surface area contributed by atoms with E-state index in [1.807, 2.05) is 0 Å². The predicted octanol–water partition coefficient (Wildman–Crippen LogP) is 0.418. The van der Waals surface area contributed by atoms with Gasteiger partial charge in [-0.1, -0.05) is 0 Å². The minimum Gasteiger partial charge on any atom is -0.408 e. The average Bonchev–Trinajstić information content (AvgIpc) is 3.08. The minimum atomic E-state index is -0.523. The lowest BCUT2D eigenvalue weighted by atomic mass is 10.2. The summed E-state index contributed by atoms with van der Waals surface area (Å²) in [6.07, 6.45) is 2.11. The van der Waals surface area contributed by atoms with Gasteiger partial charge < -0.3 is 20.4 Å². The maximum Gasteiger partial charge on any atom is 0.417 e. The summed E-state index contributed by atoms with van der Waals surface area (Å²) in [5.41, 5.74) is 8.05. The number of hydrogen-bond donors (Lipinski definition) is 3. The highest BCUT2D eigenvalue weighted by atomic mass is 16.4. The van der Waals surface area contributed by atoms with Crippen LogP contribution in [0.5, 0.6) is 0 Å².